The number of benzene rings is 4. The highest BCUT2D eigenvalue weighted by atomic mass is 79.9. The molecule has 2 nitrogen and oxygen atoms in total. The molecule has 0 saturated heterocycles. The van der Waals surface area contributed by atoms with Crippen LogP contribution in [0.15, 0.2) is 89.4 Å². The van der Waals surface area contributed by atoms with Gasteiger partial charge in [-0.15, -0.1) is 0 Å². The summed E-state index contributed by atoms with van der Waals surface area (Å²) in [4.78, 5) is 3.59. The van der Waals surface area contributed by atoms with E-state index in [2.05, 4.69) is 110 Å². The molecule has 0 spiro atoms. The molecular formula is C24H15BrN2. The van der Waals surface area contributed by atoms with E-state index in [1.165, 1.54) is 38.3 Å². The van der Waals surface area contributed by atoms with Gasteiger partial charge in [0.15, 0.2) is 0 Å². The Hall–Kier alpha value is -3.04. The van der Waals surface area contributed by atoms with Crippen molar-refractivity contribution in [1.82, 2.24) is 9.55 Å². The third-order valence-corrected chi connectivity index (χ3v) is 5.86. The fraction of sp³-hybridized carbons (Fsp3) is 0. The first kappa shape index (κ1) is 15.1. The van der Waals surface area contributed by atoms with E-state index >= 15 is 0 Å². The molecule has 0 saturated carbocycles. The second-order valence-electron chi connectivity index (χ2n) is 6.89. The number of aromatic amines is 1. The number of nitrogens with one attached hydrogen (secondary N) is 1. The van der Waals surface area contributed by atoms with E-state index < -0.39 is 0 Å². The number of hydrogen-bond acceptors (Lipinski definition) is 0. The zero-order valence-corrected chi connectivity index (χ0v) is 16.0. The second-order valence-corrected chi connectivity index (χ2v) is 7.80. The molecule has 27 heavy (non-hydrogen) atoms. The first-order valence-electron chi connectivity index (χ1n) is 9.00. The average Bonchev–Trinajstić information content (AvgIpc) is 3.23. The monoisotopic (exact) mass is 410 g/mol. The molecule has 6 rings (SSSR count). The maximum Gasteiger partial charge on any atom is 0.0641 e. The van der Waals surface area contributed by atoms with E-state index in [9.17, 15) is 0 Å². The van der Waals surface area contributed by atoms with Gasteiger partial charge >= 0.3 is 0 Å². The summed E-state index contributed by atoms with van der Waals surface area (Å²) in [7, 11) is 0. The zero-order valence-electron chi connectivity index (χ0n) is 14.4. The van der Waals surface area contributed by atoms with Crippen molar-refractivity contribution in [3.05, 3.63) is 89.4 Å². The van der Waals surface area contributed by atoms with Crippen LogP contribution in [0.25, 0.3) is 49.3 Å². The number of halogens is 1. The summed E-state index contributed by atoms with van der Waals surface area (Å²) in [5.41, 5.74) is 5.99. The SMILES string of the molecule is Brc1ccc2c(c1)[nH]c1ccc3c4ccccc4n(-c4ccccc4)c3c12. The lowest BCUT2D eigenvalue weighted by molar-refractivity contribution is 1.19. The molecule has 0 radical (unpaired) electrons. The van der Waals surface area contributed by atoms with Gasteiger partial charge in [-0.05, 0) is 36.4 Å². The van der Waals surface area contributed by atoms with Gasteiger partial charge in [-0.3, -0.25) is 0 Å². The Balaban J connectivity index is 1.93. The van der Waals surface area contributed by atoms with Crippen LogP contribution >= 0.6 is 15.9 Å². The largest absolute Gasteiger partial charge is 0.354 e. The van der Waals surface area contributed by atoms with Gasteiger partial charge in [-0.2, -0.15) is 0 Å². The highest BCUT2D eigenvalue weighted by Gasteiger charge is 2.17. The Morgan fingerprint density at radius 1 is 0.667 bits per heavy atom. The Morgan fingerprint density at radius 3 is 2.33 bits per heavy atom. The lowest BCUT2D eigenvalue weighted by Crippen LogP contribution is -1.93. The number of aromatic nitrogens is 2. The minimum atomic E-state index is 1.08. The molecule has 0 amide bonds. The van der Waals surface area contributed by atoms with Crippen molar-refractivity contribution in [2.45, 2.75) is 0 Å². The molecule has 0 aliphatic carbocycles. The van der Waals surface area contributed by atoms with Crippen LogP contribution in [0.4, 0.5) is 0 Å². The summed E-state index contributed by atoms with van der Waals surface area (Å²) in [6.07, 6.45) is 0. The van der Waals surface area contributed by atoms with Crippen molar-refractivity contribution >= 4 is 59.5 Å². The molecule has 6 aromatic rings. The predicted molar refractivity (Wildman–Crippen MR) is 118 cm³/mol. The molecule has 0 unspecified atom stereocenters. The minimum absolute atomic E-state index is 1.08. The predicted octanol–water partition coefficient (Wildman–Crippen LogP) is 7.18. The minimum Gasteiger partial charge on any atom is -0.354 e. The third kappa shape index (κ3) is 2.06. The summed E-state index contributed by atoms with van der Waals surface area (Å²) in [6.45, 7) is 0. The number of rotatable bonds is 1. The lowest BCUT2D eigenvalue weighted by atomic mass is 10.1. The summed E-state index contributed by atoms with van der Waals surface area (Å²) < 4.78 is 3.48. The van der Waals surface area contributed by atoms with Gasteiger partial charge < -0.3 is 9.55 Å². The number of H-pyrrole nitrogens is 1. The summed E-state index contributed by atoms with van der Waals surface area (Å²) >= 11 is 3.59. The molecule has 4 aromatic carbocycles. The van der Waals surface area contributed by atoms with E-state index in [1.54, 1.807) is 0 Å². The molecule has 0 bridgehead atoms. The van der Waals surface area contributed by atoms with Gasteiger partial charge in [-0.1, -0.05) is 64.5 Å². The van der Waals surface area contributed by atoms with Crippen LogP contribution in [0.5, 0.6) is 0 Å². The van der Waals surface area contributed by atoms with Crippen LogP contribution in [-0.4, -0.2) is 9.55 Å². The van der Waals surface area contributed by atoms with Crippen LogP contribution in [0.1, 0.15) is 0 Å². The highest BCUT2D eigenvalue weighted by molar-refractivity contribution is 9.10. The second kappa shape index (κ2) is 5.48. The van der Waals surface area contributed by atoms with Gasteiger partial charge in [0.05, 0.1) is 11.0 Å². The fourth-order valence-corrected chi connectivity index (χ4v) is 4.62. The molecule has 3 heteroatoms. The van der Waals surface area contributed by atoms with Gasteiger partial charge in [0, 0.05) is 42.7 Å². The molecule has 0 aliphatic rings. The first-order valence-corrected chi connectivity index (χ1v) is 9.79. The molecule has 0 fully saturated rings. The maximum absolute atomic E-state index is 3.59. The molecule has 2 aromatic heterocycles. The standard InChI is InChI=1S/C24H15BrN2/c25-15-10-11-19-21(14-15)26-20-13-12-18-17-8-4-5-9-22(17)27(24(18)23(19)20)16-6-2-1-3-7-16/h1-14,26H. The summed E-state index contributed by atoms with van der Waals surface area (Å²) in [5.74, 6) is 0. The Kier molecular flexibility index (Phi) is 3.06. The van der Waals surface area contributed by atoms with E-state index in [1.807, 2.05) is 0 Å². The van der Waals surface area contributed by atoms with Crippen molar-refractivity contribution in [3.63, 3.8) is 0 Å². The summed E-state index contributed by atoms with van der Waals surface area (Å²) in [6, 6.07) is 30.2. The van der Waals surface area contributed by atoms with E-state index in [-0.39, 0.29) is 0 Å². The Bertz CT molecular complexity index is 1470. The lowest BCUT2D eigenvalue weighted by Gasteiger charge is -2.08. The van der Waals surface area contributed by atoms with E-state index in [4.69, 9.17) is 0 Å². The van der Waals surface area contributed by atoms with E-state index in [0.717, 1.165) is 15.5 Å². The number of fused-ring (bicyclic) bond motifs is 7. The van der Waals surface area contributed by atoms with Crippen LogP contribution < -0.4 is 0 Å². The zero-order chi connectivity index (χ0) is 18.0. The van der Waals surface area contributed by atoms with Gasteiger partial charge in [-0.25, -0.2) is 0 Å². The normalized spacial score (nSPS) is 11.9. The van der Waals surface area contributed by atoms with Crippen LogP contribution in [-0.2, 0) is 0 Å². The topological polar surface area (TPSA) is 20.7 Å². The van der Waals surface area contributed by atoms with Crippen molar-refractivity contribution in [1.29, 1.82) is 0 Å². The fourth-order valence-electron chi connectivity index (χ4n) is 4.26. The number of nitrogens with zero attached hydrogens (tertiary/aromatic N) is 1. The quantitative estimate of drug-likeness (QED) is 0.296. The average molecular weight is 411 g/mol. The first-order chi connectivity index (χ1) is 13.3. The smallest absolute Gasteiger partial charge is 0.0641 e. The number of para-hydroxylation sites is 2. The Morgan fingerprint density at radius 2 is 1.44 bits per heavy atom. The molecular weight excluding hydrogens is 396 g/mol. The number of hydrogen-bond donors (Lipinski definition) is 1. The van der Waals surface area contributed by atoms with Crippen LogP contribution in [0.3, 0.4) is 0 Å². The van der Waals surface area contributed by atoms with Crippen LogP contribution in [0.2, 0.25) is 0 Å². The van der Waals surface area contributed by atoms with Crippen molar-refractivity contribution in [2.75, 3.05) is 0 Å². The maximum atomic E-state index is 3.59. The molecule has 1 N–H and O–H groups in total. The third-order valence-electron chi connectivity index (χ3n) is 5.37. The van der Waals surface area contributed by atoms with Crippen molar-refractivity contribution < 1.29 is 0 Å². The highest BCUT2D eigenvalue weighted by Crippen LogP contribution is 2.39. The van der Waals surface area contributed by atoms with Gasteiger partial charge in [0.25, 0.3) is 0 Å². The van der Waals surface area contributed by atoms with Gasteiger partial charge in [0.1, 0.15) is 0 Å². The van der Waals surface area contributed by atoms with Crippen molar-refractivity contribution in [3.8, 4) is 5.69 Å². The summed E-state index contributed by atoms with van der Waals surface area (Å²) in [5, 5.41) is 5.09. The molecule has 0 atom stereocenters. The Labute approximate surface area is 164 Å². The molecule has 2 heterocycles. The van der Waals surface area contributed by atoms with Crippen LogP contribution in [0, 0.1) is 0 Å². The van der Waals surface area contributed by atoms with Crippen molar-refractivity contribution in [2.24, 2.45) is 0 Å². The van der Waals surface area contributed by atoms with Gasteiger partial charge in [0.2, 0.25) is 0 Å². The molecule has 128 valence electrons. The molecule has 0 aliphatic heterocycles. The van der Waals surface area contributed by atoms with E-state index in [0.29, 0.717) is 0 Å².